The lowest BCUT2D eigenvalue weighted by atomic mass is 9.90. The standard InChI is InChI=1S/C24H27FN2/c1-18-16-24(19(2)21-10-12-23(25)13-11-21)27(15-14-26)17-22(18)9-8-20-6-4-3-5-7-20/h3-7,10-13,16-17,19H,1,8-9,14-15,26H2,2H3. The lowest BCUT2D eigenvalue weighted by molar-refractivity contribution is 0.433. The molecule has 0 aliphatic carbocycles. The Bertz CT molecular complexity index is 834. The van der Waals surface area contributed by atoms with E-state index in [-0.39, 0.29) is 11.7 Å². The maximum atomic E-state index is 13.3. The topological polar surface area (TPSA) is 29.3 Å². The van der Waals surface area contributed by atoms with Gasteiger partial charge in [-0.25, -0.2) is 4.39 Å². The Kier molecular flexibility index (Phi) is 6.25. The van der Waals surface area contributed by atoms with E-state index in [2.05, 4.69) is 54.9 Å². The van der Waals surface area contributed by atoms with Gasteiger partial charge >= 0.3 is 0 Å². The molecule has 140 valence electrons. The van der Waals surface area contributed by atoms with E-state index in [1.807, 2.05) is 18.2 Å². The minimum atomic E-state index is -0.213. The molecule has 2 nitrogen and oxygen atoms in total. The molecule has 3 heteroatoms. The maximum Gasteiger partial charge on any atom is 0.123 e. The molecule has 2 aromatic rings. The Balaban J connectivity index is 1.78. The molecule has 3 rings (SSSR count). The van der Waals surface area contributed by atoms with E-state index in [0.717, 1.165) is 36.2 Å². The summed E-state index contributed by atoms with van der Waals surface area (Å²) >= 11 is 0. The van der Waals surface area contributed by atoms with Crippen LogP contribution in [0.15, 0.2) is 90.3 Å². The number of nitrogens with zero attached hydrogens (tertiary/aromatic N) is 1. The van der Waals surface area contributed by atoms with Gasteiger partial charge in [0, 0.05) is 30.9 Å². The lowest BCUT2D eigenvalue weighted by Crippen LogP contribution is -2.29. The summed E-state index contributed by atoms with van der Waals surface area (Å²) in [6.45, 7) is 7.74. The molecule has 0 saturated carbocycles. The molecule has 1 heterocycles. The molecule has 0 aromatic heterocycles. The van der Waals surface area contributed by atoms with Crippen LogP contribution in [0.4, 0.5) is 4.39 Å². The Labute approximate surface area is 161 Å². The molecular formula is C24H27FN2. The number of benzene rings is 2. The number of aryl methyl sites for hydroxylation is 1. The van der Waals surface area contributed by atoms with Crippen LogP contribution >= 0.6 is 0 Å². The molecule has 1 aliphatic heterocycles. The number of allylic oxidation sites excluding steroid dienone is 4. The van der Waals surface area contributed by atoms with Crippen LogP contribution in [-0.4, -0.2) is 18.0 Å². The van der Waals surface area contributed by atoms with Crippen LogP contribution < -0.4 is 5.73 Å². The summed E-state index contributed by atoms with van der Waals surface area (Å²) in [6, 6.07) is 17.2. The van der Waals surface area contributed by atoms with E-state index in [1.165, 1.54) is 23.3 Å². The molecule has 1 atom stereocenters. The van der Waals surface area contributed by atoms with E-state index in [4.69, 9.17) is 5.73 Å². The van der Waals surface area contributed by atoms with Crippen molar-refractivity contribution >= 4 is 0 Å². The van der Waals surface area contributed by atoms with Crippen molar-refractivity contribution in [2.45, 2.75) is 25.7 Å². The van der Waals surface area contributed by atoms with Crippen molar-refractivity contribution in [2.75, 3.05) is 13.1 Å². The largest absolute Gasteiger partial charge is 0.349 e. The first-order valence-electron chi connectivity index (χ1n) is 9.46. The van der Waals surface area contributed by atoms with E-state index in [9.17, 15) is 4.39 Å². The van der Waals surface area contributed by atoms with Gasteiger partial charge < -0.3 is 10.6 Å². The highest BCUT2D eigenvalue weighted by atomic mass is 19.1. The second-order valence-electron chi connectivity index (χ2n) is 6.99. The summed E-state index contributed by atoms with van der Waals surface area (Å²) < 4.78 is 13.3. The highest BCUT2D eigenvalue weighted by Gasteiger charge is 2.21. The van der Waals surface area contributed by atoms with Crippen molar-refractivity contribution in [3.05, 3.63) is 107 Å². The monoisotopic (exact) mass is 362 g/mol. The minimum Gasteiger partial charge on any atom is -0.349 e. The summed E-state index contributed by atoms with van der Waals surface area (Å²) in [4.78, 5) is 2.23. The van der Waals surface area contributed by atoms with E-state index in [1.54, 1.807) is 0 Å². The number of rotatable bonds is 7. The van der Waals surface area contributed by atoms with Gasteiger partial charge in [0.15, 0.2) is 0 Å². The van der Waals surface area contributed by atoms with Gasteiger partial charge in [-0.05, 0) is 53.3 Å². The van der Waals surface area contributed by atoms with Gasteiger partial charge in [-0.1, -0.05) is 56.0 Å². The van der Waals surface area contributed by atoms with E-state index >= 15 is 0 Å². The zero-order chi connectivity index (χ0) is 19.2. The number of nitrogens with two attached hydrogens (primary N) is 1. The van der Waals surface area contributed by atoms with Crippen LogP contribution in [0.5, 0.6) is 0 Å². The summed E-state index contributed by atoms with van der Waals surface area (Å²) in [7, 11) is 0. The molecule has 0 radical (unpaired) electrons. The van der Waals surface area contributed by atoms with Crippen LogP contribution in [0.1, 0.15) is 30.4 Å². The quantitative estimate of drug-likeness (QED) is 0.737. The second kappa shape index (κ2) is 8.83. The average Bonchev–Trinajstić information content (AvgIpc) is 2.69. The molecule has 0 saturated heterocycles. The molecule has 0 amide bonds. The fourth-order valence-electron chi connectivity index (χ4n) is 3.48. The summed E-state index contributed by atoms with van der Waals surface area (Å²) in [5, 5.41) is 0. The predicted octanol–water partition coefficient (Wildman–Crippen LogP) is 5.16. The number of halogens is 1. The number of hydrogen-bond acceptors (Lipinski definition) is 2. The summed E-state index contributed by atoms with van der Waals surface area (Å²) in [5.41, 5.74) is 11.7. The smallest absolute Gasteiger partial charge is 0.123 e. The van der Waals surface area contributed by atoms with Gasteiger partial charge in [-0.3, -0.25) is 0 Å². The first kappa shape index (κ1) is 19.1. The van der Waals surface area contributed by atoms with Crippen molar-refractivity contribution in [3.8, 4) is 0 Å². The summed E-state index contributed by atoms with van der Waals surface area (Å²) in [5.74, 6) is -0.0734. The maximum absolute atomic E-state index is 13.3. The van der Waals surface area contributed by atoms with Crippen molar-refractivity contribution in [1.29, 1.82) is 0 Å². The lowest BCUT2D eigenvalue weighted by Gasteiger charge is -2.33. The van der Waals surface area contributed by atoms with Crippen LogP contribution in [0, 0.1) is 5.82 Å². The highest BCUT2D eigenvalue weighted by molar-refractivity contribution is 5.46. The third-order valence-corrected chi connectivity index (χ3v) is 5.09. The van der Waals surface area contributed by atoms with Crippen LogP contribution in [0.25, 0.3) is 0 Å². The Hall–Kier alpha value is -2.65. The first-order chi connectivity index (χ1) is 13.1. The van der Waals surface area contributed by atoms with Gasteiger partial charge in [0.25, 0.3) is 0 Å². The number of hydrogen-bond donors (Lipinski definition) is 1. The molecule has 0 bridgehead atoms. The third kappa shape index (κ3) is 4.75. The Morgan fingerprint density at radius 3 is 2.41 bits per heavy atom. The van der Waals surface area contributed by atoms with Gasteiger partial charge in [0.05, 0.1) is 0 Å². The minimum absolute atomic E-state index is 0.140. The van der Waals surface area contributed by atoms with Gasteiger partial charge in [0.1, 0.15) is 5.82 Å². The molecule has 0 spiro atoms. The van der Waals surface area contributed by atoms with Crippen molar-refractivity contribution < 1.29 is 4.39 Å². The fraction of sp³-hybridized carbons (Fsp3) is 0.250. The molecular weight excluding hydrogens is 335 g/mol. The summed E-state index contributed by atoms with van der Waals surface area (Å²) in [6.07, 6.45) is 6.27. The second-order valence-corrected chi connectivity index (χ2v) is 6.99. The van der Waals surface area contributed by atoms with Crippen molar-refractivity contribution in [2.24, 2.45) is 5.73 Å². The normalized spacial score (nSPS) is 15.4. The van der Waals surface area contributed by atoms with Crippen LogP contribution in [-0.2, 0) is 6.42 Å². The SMILES string of the molecule is C=C1C=C(C(C)c2ccc(F)cc2)N(CCN)C=C1CCc1ccccc1. The Morgan fingerprint density at radius 1 is 1.04 bits per heavy atom. The first-order valence-corrected chi connectivity index (χ1v) is 9.46. The van der Waals surface area contributed by atoms with E-state index in [0.29, 0.717) is 6.54 Å². The van der Waals surface area contributed by atoms with Crippen LogP contribution in [0.3, 0.4) is 0 Å². The molecule has 1 aliphatic rings. The van der Waals surface area contributed by atoms with Gasteiger partial charge in [-0.15, -0.1) is 0 Å². The molecule has 0 fully saturated rings. The zero-order valence-electron chi connectivity index (χ0n) is 15.9. The highest BCUT2D eigenvalue weighted by Crippen LogP contribution is 2.34. The molecule has 27 heavy (non-hydrogen) atoms. The average molecular weight is 362 g/mol. The predicted molar refractivity (Wildman–Crippen MR) is 111 cm³/mol. The van der Waals surface area contributed by atoms with Gasteiger partial charge in [0.2, 0.25) is 0 Å². The van der Waals surface area contributed by atoms with Crippen LogP contribution in [0.2, 0.25) is 0 Å². The van der Waals surface area contributed by atoms with Crippen molar-refractivity contribution in [1.82, 2.24) is 4.90 Å². The third-order valence-electron chi connectivity index (χ3n) is 5.09. The Morgan fingerprint density at radius 2 is 1.74 bits per heavy atom. The molecule has 1 unspecified atom stereocenters. The van der Waals surface area contributed by atoms with Crippen molar-refractivity contribution in [3.63, 3.8) is 0 Å². The molecule has 2 aromatic carbocycles. The fourth-order valence-corrected chi connectivity index (χ4v) is 3.48. The molecule has 2 N–H and O–H groups in total. The van der Waals surface area contributed by atoms with Gasteiger partial charge in [-0.2, -0.15) is 0 Å². The van der Waals surface area contributed by atoms with E-state index < -0.39 is 0 Å². The zero-order valence-corrected chi connectivity index (χ0v) is 15.9.